The molecule has 0 fully saturated rings. The number of hydrogen-bond acceptors (Lipinski definition) is 5. The van der Waals surface area contributed by atoms with E-state index in [0.29, 0.717) is 23.7 Å². The molecule has 1 aromatic carbocycles. The number of thioether (sulfide) groups is 1. The van der Waals surface area contributed by atoms with Crippen molar-refractivity contribution in [1.29, 1.82) is 0 Å². The molecule has 0 aromatic heterocycles. The number of ether oxygens (including phenoxy) is 2. The summed E-state index contributed by atoms with van der Waals surface area (Å²) in [5.41, 5.74) is 6.11. The van der Waals surface area contributed by atoms with Gasteiger partial charge in [-0.15, -0.1) is 0 Å². The fourth-order valence-electron chi connectivity index (χ4n) is 1.34. The SMILES string of the molecule is CCSCCOc1cc(OC)cc(/C(N)=N/O)c1. The highest BCUT2D eigenvalue weighted by Crippen LogP contribution is 2.22. The van der Waals surface area contributed by atoms with Gasteiger partial charge in [-0.1, -0.05) is 12.1 Å². The topological polar surface area (TPSA) is 77.1 Å². The van der Waals surface area contributed by atoms with E-state index in [1.165, 1.54) is 0 Å². The number of benzene rings is 1. The van der Waals surface area contributed by atoms with Gasteiger partial charge < -0.3 is 20.4 Å². The second-order valence-electron chi connectivity index (χ2n) is 3.43. The number of oxime groups is 1. The molecule has 6 heteroatoms. The minimum absolute atomic E-state index is 0.0293. The number of hydrogen-bond donors (Lipinski definition) is 2. The van der Waals surface area contributed by atoms with Crippen LogP contribution in [0, 0.1) is 0 Å². The van der Waals surface area contributed by atoms with Crippen LogP contribution in [0.5, 0.6) is 11.5 Å². The Bertz CT molecular complexity index is 410. The molecule has 100 valence electrons. The van der Waals surface area contributed by atoms with Crippen LogP contribution in [-0.2, 0) is 0 Å². The van der Waals surface area contributed by atoms with Crippen LogP contribution < -0.4 is 15.2 Å². The molecule has 3 N–H and O–H groups in total. The van der Waals surface area contributed by atoms with Gasteiger partial charge in [0.05, 0.1) is 13.7 Å². The maximum Gasteiger partial charge on any atom is 0.170 e. The largest absolute Gasteiger partial charge is 0.497 e. The summed E-state index contributed by atoms with van der Waals surface area (Å²) in [6.45, 7) is 2.72. The Morgan fingerprint density at radius 2 is 2.11 bits per heavy atom. The number of nitrogens with zero attached hydrogens (tertiary/aromatic N) is 1. The predicted molar refractivity (Wildman–Crippen MR) is 74.0 cm³/mol. The highest BCUT2D eigenvalue weighted by Gasteiger charge is 2.06. The van der Waals surface area contributed by atoms with Crippen molar-refractivity contribution in [2.75, 3.05) is 25.2 Å². The Labute approximate surface area is 111 Å². The van der Waals surface area contributed by atoms with E-state index in [9.17, 15) is 0 Å². The van der Waals surface area contributed by atoms with Gasteiger partial charge in [-0.3, -0.25) is 0 Å². The first kappa shape index (κ1) is 14.5. The van der Waals surface area contributed by atoms with E-state index in [-0.39, 0.29) is 5.84 Å². The van der Waals surface area contributed by atoms with Crippen molar-refractivity contribution in [1.82, 2.24) is 0 Å². The van der Waals surface area contributed by atoms with Crippen LogP contribution in [0.25, 0.3) is 0 Å². The maximum absolute atomic E-state index is 8.67. The first-order chi connectivity index (χ1) is 8.71. The average Bonchev–Trinajstić information content (AvgIpc) is 2.42. The molecule has 0 saturated carbocycles. The molecular weight excluding hydrogens is 252 g/mol. The summed E-state index contributed by atoms with van der Waals surface area (Å²) >= 11 is 1.81. The van der Waals surface area contributed by atoms with Gasteiger partial charge in [-0.2, -0.15) is 11.8 Å². The van der Waals surface area contributed by atoms with Gasteiger partial charge in [0, 0.05) is 17.4 Å². The highest BCUT2D eigenvalue weighted by atomic mass is 32.2. The molecular formula is C12H18N2O3S. The van der Waals surface area contributed by atoms with Crippen LogP contribution in [0.2, 0.25) is 0 Å². The molecule has 0 aliphatic heterocycles. The van der Waals surface area contributed by atoms with Gasteiger partial charge in [0.1, 0.15) is 11.5 Å². The van der Waals surface area contributed by atoms with E-state index in [1.54, 1.807) is 25.3 Å². The Balaban J connectivity index is 2.77. The Morgan fingerprint density at radius 1 is 1.39 bits per heavy atom. The van der Waals surface area contributed by atoms with E-state index < -0.39 is 0 Å². The van der Waals surface area contributed by atoms with Crippen LogP contribution >= 0.6 is 11.8 Å². The van der Waals surface area contributed by atoms with E-state index in [0.717, 1.165) is 11.5 Å². The van der Waals surface area contributed by atoms with E-state index in [2.05, 4.69) is 12.1 Å². The van der Waals surface area contributed by atoms with E-state index in [4.69, 9.17) is 20.4 Å². The van der Waals surface area contributed by atoms with Crippen molar-refractivity contribution < 1.29 is 14.7 Å². The summed E-state index contributed by atoms with van der Waals surface area (Å²) in [5, 5.41) is 11.6. The zero-order valence-corrected chi connectivity index (χ0v) is 11.4. The van der Waals surface area contributed by atoms with Crippen molar-refractivity contribution in [3.63, 3.8) is 0 Å². The Hall–Kier alpha value is -1.56. The third-order valence-electron chi connectivity index (χ3n) is 2.22. The summed E-state index contributed by atoms with van der Waals surface area (Å²) in [5.74, 6) is 3.27. The summed E-state index contributed by atoms with van der Waals surface area (Å²) in [6.07, 6.45) is 0. The number of amidine groups is 1. The number of methoxy groups -OCH3 is 1. The Morgan fingerprint density at radius 3 is 2.72 bits per heavy atom. The monoisotopic (exact) mass is 270 g/mol. The third kappa shape index (κ3) is 4.37. The van der Waals surface area contributed by atoms with Gasteiger partial charge in [-0.05, 0) is 17.9 Å². The average molecular weight is 270 g/mol. The Kier molecular flexibility index (Phi) is 6.21. The summed E-state index contributed by atoms with van der Waals surface area (Å²) in [6, 6.07) is 5.17. The smallest absolute Gasteiger partial charge is 0.170 e. The normalized spacial score (nSPS) is 11.3. The molecule has 0 spiro atoms. The van der Waals surface area contributed by atoms with Crippen molar-refractivity contribution in [2.24, 2.45) is 10.9 Å². The fraction of sp³-hybridized carbons (Fsp3) is 0.417. The number of nitrogens with two attached hydrogens (primary N) is 1. The predicted octanol–water partition coefficient (Wildman–Crippen LogP) is 1.92. The quantitative estimate of drug-likeness (QED) is 0.260. The molecule has 0 bridgehead atoms. The summed E-state index contributed by atoms with van der Waals surface area (Å²) < 4.78 is 10.7. The van der Waals surface area contributed by atoms with Crippen LogP contribution in [0.1, 0.15) is 12.5 Å². The molecule has 0 heterocycles. The van der Waals surface area contributed by atoms with Crippen LogP contribution in [0.15, 0.2) is 23.4 Å². The second-order valence-corrected chi connectivity index (χ2v) is 4.82. The van der Waals surface area contributed by atoms with Gasteiger partial charge in [0.2, 0.25) is 0 Å². The zero-order chi connectivity index (χ0) is 13.4. The molecule has 18 heavy (non-hydrogen) atoms. The van der Waals surface area contributed by atoms with Crippen molar-refractivity contribution in [3.8, 4) is 11.5 Å². The molecule has 1 rings (SSSR count). The van der Waals surface area contributed by atoms with Gasteiger partial charge in [-0.25, -0.2) is 0 Å². The molecule has 1 aromatic rings. The lowest BCUT2D eigenvalue weighted by atomic mass is 10.2. The van der Waals surface area contributed by atoms with Crippen LogP contribution in [-0.4, -0.2) is 36.3 Å². The minimum atomic E-state index is 0.0293. The lowest BCUT2D eigenvalue weighted by Crippen LogP contribution is -2.13. The van der Waals surface area contributed by atoms with Gasteiger partial charge in [0.15, 0.2) is 5.84 Å². The van der Waals surface area contributed by atoms with Crippen molar-refractivity contribution in [3.05, 3.63) is 23.8 Å². The molecule has 0 aliphatic carbocycles. The summed E-state index contributed by atoms with van der Waals surface area (Å²) in [7, 11) is 1.56. The molecule has 0 amide bonds. The van der Waals surface area contributed by atoms with Crippen molar-refractivity contribution >= 4 is 17.6 Å². The van der Waals surface area contributed by atoms with E-state index in [1.807, 2.05) is 11.8 Å². The van der Waals surface area contributed by atoms with E-state index >= 15 is 0 Å². The standard InChI is InChI=1S/C12H18N2O3S/c1-3-18-5-4-17-11-7-9(12(13)14-15)6-10(8-11)16-2/h6-8,15H,3-5H2,1-2H3,(H2,13,14). The van der Waals surface area contributed by atoms with Gasteiger partial charge >= 0.3 is 0 Å². The second kappa shape index (κ2) is 7.71. The van der Waals surface area contributed by atoms with Crippen molar-refractivity contribution in [2.45, 2.75) is 6.92 Å². The first-order valence-electron chi connectivity index (χ1n) is 5.58. The lowest BCUT2D eigenvalue weighted by molar-refractivity contribution is 0.318. The van der Waals surface area contributed by atoms with Crippen LogP contribution in [0.3, 0.4) is 0 Å². The molecule has 0 atom stereocenters. The first-order valence-corrected chi connectivity index (χ1v) is 6.74. The van der Waals surface area contributed by atoms with Crippen LogP contribution in [0.4, 0.5) is 0 Å². The molecule has 5 nitrogen and oxygen atoms in total. The molecule has 0 unspecified atom stereocenters. The third-order valence-corrected chi connectivity index (χ3v) is 3.08. The maximum atomic E-state index is 8.67. The lowest BCUT2D eigenvalue weighted by Gasteiger charge is -2.10. The molecule has 0 saturated heterocycles. The van der Waals surface area contributed by atoms with Gasteiger partial charge in [0.25, 0.3) is 0 Å². The zero-order valence-electron chi connectivity index (χ0n) is 10.5. The minimum Gasteiger partial charge on any atom is -0.497 e. The number of rotatable bonds is 7. The highest BCUT2D eigenvalue weighted by molar-refractivity contribution is 7.99. The molecule has 0 radical (unpaired) electrons. The molecule has 0 aliphatic rings. The summed E-state index contributed by atoms with van der Waals surface area (Å²) in [4.78, 5) is 0. The fourth-order valence-corrected chi connectivity index (χ4v) is 1.83.